The third-order valence-electron chi connectivity index (χ3n) is 5.61. The fourth-order valence-corrected chi connectivity index (χ4v) is 3.92. The molecule has 4 N–H and O–H groups in total. The van der Waals surface area contributed by atoms with Gasteiger partial charge in [-0.3, -0.25) is 15.1 Å². The van der Waals surface area contributed by atoms with E-state index in [4.69, 9.17) is 4.74 Å². The van der Waals surface area contributed by atoms with E-state index in [-0.39, 0.29) is 30.9 Å². The fraction of sp³-hybridized carbons (Fsp3) is 0.346. The van der Waals surface area contributed by atoms with Gasteiger partial charge < -0.3 is 25.1 Å². The van der Waals surface area contributed by atoms with Crippen molar-refractivity contribution in [1.29, 1.82) is 0 Å². The second-order valence-corrected chi connectivity index (χ2v) is 9.74. The lowest BCUT2D eigenvalue weighted by Gasteiger charge is -2.23. The van der Waals surface area contributed by atoms with Gasteiger partial charge in [-0.2, -0.15) is 0 Å². The van der Waals surface area contributed by atoms with Crippen molar-refractivity contribution in [2.45, 2.75) is 51.7 Å². The Morgan fingerprint density at radius 1 is 1.13 bits per heavy atom. The number of methoxy groups -OCH3 is 1. The zero-order valence-corrected chi connectivity index (χ0v) is 21.5. The summed E-state index contributed by atoms with van der Waals surface area (Å²) in [5.74, 6) is -0.491. The van der Waals surface area contributed by atoms with Crippen LogP contribution in [0, 0.1) is 5.82 Å². The number of imidazole rings is 1. The van der Waals surface area contributed by atoms with Crippen LogP contribution in [0.5, 0.6) is 0 Å². The Bertz CT molecular complexity index is 1370. The van der Waals surface area contributed by atoms with Crippen LogP contribution >= 0.6 is 0 Å². The third kappa shape index (κ3) is 6.64. The van der Waals surface area contributed by atoms with Crippen LogP contribution < -0.4 is 16.0 Å². The van der Waals surface area contributed by atoms with E-state index >= 15 is 0 Å². The summed E-state index contributed by atoms with van der Waals surface area (Å²) in [6, 6.07) is 7.07. The number of nitrogens with one attached hydrogen (secondary N) is 4. The number of hydrogen-bond acceptors (Lipinski definition) is 7. The molecule has 1 aromatic carbocycles. The summed E-state index contributed by atoms with van der Waals surface area (Å²) in [6.07, 6.45) is 0.484. The average molecular weight is 525 g/mol. The van der Waals surface area contributed by atoms with Gasteiger partial charge >= 0.3 is 12.2 Å². The van der Waals surface area contributed by atoms with E-state index in [1.165, 1.54) is 19.2 Å². The Balaban J connectivity index is 1.76. The number of carbonyl (C=O) groups excluding carboxylic acids is 3. The topological polar surface area (TPSA) is 147 Å². The molecule has 0 saturated carbocycles. The standard InChI is InChI=1S/C26H29FN6O5/c1-26(2,3)38-25(36)33-20-12-14-6-8-17(27)18(29-14)9-10-22(34)31-19-11-15(30-24(35)37-4)5-7-16(19)21-13-28-23(20)32-21/h5-8,11,13,20H,9-10,12H2,1-4H3,(H,28,32)(H,30,35)(H,31,34)(H,33,36). The van der Waals surface area contributed by atoms with E-state index in [0.29, 0.717) is 34.2 Å². The lowest BCUT2D eigenvalue weighted by Crippen LogP contribution is -2.36. The molecule has 0 aliphatic carbocycles. The van der Waals surface area contributed by atoms with E-state index < -0.39 is 29.6 Å². The van der Waals surface area contributed by atoms with Gasteiger partial charge in [-0.25, -0.2) is 19.0 Å². The lowest BCUT2D eigenvalue weighted by molar-refractivity contribution is -0.116. The highest BCUT2D eigenvalue weighted by Gasteiger charge is 2.25. The number of aromatic amines is 1. The second kappa shape index (κ2) is 10.9. The van der Waals surface area contributed by atoms with Crippen LogP contribution in [0.1, 0.15) is 50.4 Å². The van der Waals surface area contributed by atoms with Gasteiger partial charge in [0, 0.05) is 36.2 Å². The maximum Gasteiger partial charge on any atom is 0.411 e. The lowest BCUT2D eigenvalue weighted by atomic mass is 10.1. The number of nitrogens with zero attached hydrogens (tertiary/aromatic N) is 2. The first-order chi connectivity index (χ1) is 18.0. The van der Waals surface area contributed by atoms with E-state index in [2.05, 4.69) is 35.6 Å². The molecule has 11 nitrogen and oxygen atoms in total. The highest BCUT2D eigenvalue weighted by Crippen LogP contribution is 2.31. The highest BCUT2D eigenvalue weighted by molar-refractivity contribution is 5.97. The number of carbonyl (C=O) groups is 3. The van der Waals surface area contributed by atoms with Crippen molar-refractivity contribution in [1.82, 2.24) is 20.3 Å². The number of ether oxygens (including phenoxy) is 2. The van der Waals surface area contributed by atoms with E-state index in [1.807, 2.05) is 0 Å². The van der Waals surface area contributed by atoms with Crippen molar-refractivity contribution in [3.63, 3.8) is 0 Å². The van der Waals surface area contributed by atoms with Crippen LogP contribution in [-0.4, -0.2) is 45.8 Å². The van der Waals surface area contributed by atoms with Gasteiger partial charge in [0.05, 0.1) is 36.4 Å². The van der Waals surface area contributed by atoms with Crippen LogP contribution in [0.3, 0.4) is 0 Å². The number of hydrogen-bond donors (Lipinski definition) is 4. The molecule has 0 saturated heterocycles. The Morgan fingerprint density at radius 2 is 1.92 bits per heavy atom. The maximum atomic E-state index is 14.5. The molecule has 1 aliphatic rings. The predicted molar refractivity (Wildman–Crippen MR) is 137 cm³/mol. The summed E-state index contributed by atoms with van der Waals surface area (Å²) in [4.78, 5) is 49.2. The summed E-state index contributed by atoms with van der Waals surface area (Å²) >= 11 is 0. The Hall–Kier alpha value is -4.48. The van der Waals surface area contributed by atoms with Gasteiger partial charge in [0.2, 0.25) is 5.91 Å². The van der Waals surface area contributed by atoms with Crippen LogP contribution in [-0.2, 0) is 27.1 Å². The molecule has 3 aromatic rings. The molecule has 3 heterocycles. The molecule has 1 aliphatic heterocycles. The molecule has 38 heavy (non-hydrogen) atoms. The largest absolute Gasteiger partial charge is 0.453 e. The van der Waals surface area contributed by atoms with Crippen LogP contribution in [0.4, 0.5) is 25.4 Å². The Kier molecular flexibility index (Phi) is 7.60. The molecule has 3 amide bonds. The smallest absolute Gasteiger partial charge is 0.411 e. The number of aryl methyl sites for hydroxylation is 1. The fourth-order valence-electron chi connectivity index (χ4n) is 3.92. The number of fused-ring (bicyclic) bond motifs is 6. The summed E-state index contributed by atoms with van der Waals surface area (Å²) < 4.78 is 24.6. The second-order valence-electron chi connectivity index (χ2n) is 9.74. The monoisotopic (exact) mass is 524 g/mol. The Labute approximate surface area is 218 Å². The van der Waals surface area contributed by atoms with Crippen molar-refractivity contribution < 1.29 is 28.2 Å². The molecular formula is C26H29FN6O5. The van der Waals surface area contributed by atoms with Crippen molar-refractivity contribution in [2.24, 2.45) is 0 Å². The summed E-state index contributed by atoms with van der Waals surface area (Å²) in [6.45, 7) is 5.27. The minimum absolute atomic E-state index is 0.0325. The minimum atomic E-state index is -0.714. The summed E-state index contributed by atoms with van der Waals surface area (Å²) in [5, 5.41) is 8.21. The molecule has 0 radical (unpaired) electrons. The third-order valence-corrected chi connectivity index (χ3v) is 5.61. The van der Waals surface area contributed by atoms with Gasteiger partial charge in [0.1, 0.15) is 17.2 Å². The molecule has 0 spiro atoms. The molecule has 0 fully saturated rings. The summed E-state index contributed by atoms with van der Waals surface area (Å²) in [5.41, 5.74) is 1.85. The SMILES string of the molecule is COC(=O)Nc1ccc2c(c1)NC(=O)CCc1nc(ccc1F)CC(NC(=O)OC(C)(C)C)c1ncc-2[nH]1. The zero-order chi connectivity index (χ0) is 27.4. The molecule has 4 bridgehead atoms. The Morgan fingerprint density at radius 3 is 2.66 bits per heavy atom. The molecule has 1 unspecified atom stereocenters. The number of aromatic nitrogens is 3. The number of rotatable bonds is 2. The minimum Gasteiger partial charge on any atom is -0.453 e. The van der Waals surface area contributed by atoms with Crippen LogP contribution in [0.2, 0.25) is 0 Å². The normalized spacial score (nSPS) is 15.4. The van der Waals surface area contributed by atoms with Crippen molar-refractivity contribution in [3.8, 4) is 11.3 Å². The van der Waals surface area contributed by atoms with Crippen molar-refractivity contribution in [2.75, 3.05) is 17.7 Å². The van der Waals surface area contributed by atoms with Crippen molar-refractivity contribution in [3.05, 3.63) is 59.6 Å². The molecule has 12 heteroatoms. The van der Waals surface area contributed by atoms with Crippen LogP contribution in [0.15, 0.2) is 36.5 Å². The summed E-state index contributed by atoms with van der Waals surface area (Å²) in [7, 11) is 1.24. The average Bonchev–Trinajstić information content (AvgIpc) is 3.32. The van der Waals surface area contributed by atoms with E-state index in [1.54, 1.807) is 45.2 Å². The van der Waals surface area contributed by atoms with Crippen LogP contribution in [0.25, 0.3) is 11.3 Å². The molecule has 4 rings (SSSR count). The van der Waals surface area contributed by atoms with Gasteiger partial charge in [0.15, 0.2) is 0 Å². The number of benzene rings is 1. The number of halogens is 1. The first kappa shape index (κ1) is 26.6. The predicted octanol–water partition coefficient (Wildman–Crippen LogP) is 4.48. The van der Waals surface area contributed by atoms with Gasteiger partial charge in [-0.05, 0) is 51.1 Å². The first-order valence-corrected chi connectivity index (χ1v) is 12.0. The number of H-pyrrole nitrogens is 1. The van der Waals surface area contributed by atoms with Crippen molar-refractivity contribution >= 4 is 29.5 Å². The quantitative estimate of drug-likeness (QED) is 0.386. The molecule has 2 aromatic heterocycles. The number of amides is 3. The van der Waals surface area contributed by atoms with Gasteiger partial charge in [-0.1, -0.05) is 0 Å². The zero-order valence-electron chi connectivity index (χ0n) is 21.5. The van der Waals surface area contributed by atoms with E-state index in [0.717, 1.165) is 0 Å². The molecule has 200 valence electrons. The number of anilines is 2. The van der Waals surface area contributed by atoms with E-state index in [9.17, 15) is 18.8 Å². The highest BCUT2D eigenvalue weighted by atomic mass is 19.1. The molecular weight excluding hydrogens is 495 g/mol. The maximum absolute atomic E-state index is 14.5. The molecule has 1 atom stereocenters. The van der Waals surface area contributed by atoms with Gasteiger partial charge in [0.25, 0.3) is 0 Å². The number of pyridine rings is 1. The first-order valence-electron chi connectivity index (χ1n) is 12.0. The van der Waals surface area contributed by atoms with Gasteiger partial charge in [-0.15, -0.1) is 0 Å². The number of alkyl carbamates (subject to hydrolysis) is 1.